The second-order valence-electron chi connectivity index (χ2n) is 4.31. The van der Waals surface area contributed by atoms with E-state index in [0.29, 0.717) is 17.3 Å². The molecule has 0 aliphatic rings. The lowest BCUT2D eigenvalue weighted by molar-refractivity contribution is 0.624. The van der Waals surface area contributed by atoms with E-state index >= 15 is 0 Å². The Kier molecular flexibility index (Phi) is 4.26. The number of anilines is 1. The quantitative estimate of drug-likeness (QED) is 0.941. The molecule has 0 spiro atoms. The Bertz CT molecular complexity index is 673. The molecule has 1 heterocycles. The number of aryl methyl sites for hydroxylation is 2. The van der Waals surface area contributed by atoms with Gasteiger partial charge in [-0.25, -0.2) is 4.39 Å². The van der Waals surface area contributed by atoms with Crippen LogP contribution in [-0.4, -0.2) is 9.78 Å². The van der Waals surface area contributed by atoms with Gasteiger partial charge in [-0.2, -0.15) is 10.4 Å². The SMILES string of the molecule is CCc1nn(C)c(CNc2cccc(F)c2C#N)c1Cl. The van der Waals surface area contributed by atoms with E-state index in [9.17, 15) is 4.39 Å². The first-order valence-electron chi connectivity index (χ1n) is 6.21. The molecule has 20 heavy (non-hydrogen) atoms. The van der Waals surface area contributed by atoms with Crippen LogP contribution < -0.4 is 5.32 Å². The van der Waals surface area contributed by atoms with E-state index in [2.05, 4.69) is 10.4 Å². The minimum Gasteiger partial charge on any atom is -0.378 e. The van der Waals surface area contributed by atoms with Gasteiger partial charge < -0.3 is 5.32 Å². The van der Waals surface area contributed by atoms with Gasteiger partial charge in [-0.3, -0.25) is 4.68 Å². The third kappa shape index (κ3) is 2.61. The summed E-state index contributed by atoms with van der Waals surface area (Å²) >= 11 is 6.24. The lowest BCUT2D eigenvalue weighted by atomic mass is 10.2. The number of aromatic nitrogens is 2. The molecule has 0 unspecified atom stereocenters. The fourth-order valence-corrected chi connectivity index (χ4v) is 2.34. The molecule has 6 heteroatoms. The molecule has 0 bridgehead atoms. The normalized spacial score (nSPS) is 10.3. The van der Waals surface area contributed by atoms with E-state index in [0.717, 1.165) is 17.8 Å². The van der Waals surface area contributed by atoms with Gasteiger partial charge >= 0.3 is 0 Å². The molecular weight excluding hydrogens is 279 g/mol. The molecule has 0 radical (unpaired) electrons. The standard InChI is InChI=1S/C14H14ClFN4/c1-3-11-14(15)13(20(2)19-11)8-18-12-6-4-5-10(16)9(12)7-17/h4-6,18H,3,8H2,1-2H3. The smallest absolute Gasteiger partial charge is 0.143 e. The van der Waals surface area contributed by atoms with Crippen molar-refractivity contribution in [1.82, 2.24) is 9.78 Å². The van der Waals surface area contributed by atoms with Crippen molar-refractivity contribution < 1.29 is 4.39 Å². The molecule has 0 aliphatic heterocycles. The van der Waals surface area contributed by atoms with Gasteiger partial charge in [0.2, 0.25) is 0 Å². The number of rotatable bonds is 4. The summed E-state index contributed by atoms with van der Waals surface area (Å²) in [6.07, 6.45) is 0.746. The van der Waals surface area contributed by atoms with Crippen LogP contribution in [-0.2, 0) is 20.0 Å². The largest absolute Gasteiger partial charge is 0.378 e. The first kappa shape index (κ1) is 14.4. The van der Waals surface area contributed by atoms with Gasteiger partial charge in [-0.05, 0) is 18.6 Å². The summed E-state index contributed by atoms with van der Waals surface area (Å²) in [5.41, 5.74) is 2.08. The van der Waals surface area contributed by atoms with Gasteiger partial charge in [0.25, 0.3) is 0 Å². The van der Waals surface area contributed by atoms with Crippen LogP contribution in [0.4, 0.5) is 10.1 Å². The second-order valence-corrected chi connectivity index (χ2v) is 4.69. The van der Waals surface area contributed by atoms with Crippen LogP contribution in [0.5, 0.6) is 0 Å². The lowest BCUT2D eigenvalue weighted by Crippen LogP contribution is -2.07. The molecule has 0 amide bonds. The number of hydrogen-bond donors (Lipinski definition) is 1. The highest BCUT2D eigenvalue weighted by Gasteiger charge is 2.14. The van der Waals surface area contributed by atoms with Crippen molar-refractivity contribution in [3.63, 3.8) is 0 Å². The maximum atomic E-state index is 13.5. The van der Waals surface area contributed by atoms with Crippen LogP contribution in [0, 0.1) is 17.1 Å². The van der Waals surface area contributed by atoms with Crippen molar-refractivity contribution >= 4 is 17.3 Å². The van der Waals surface area contributed by atoms with Gasteiger partial charge in [0.15, 0.2) is 0 Å². The van der Waals surface area contributed by atoms with Gasteiger partial charge in [0.05, 0.1) is 28.6 Å². The molecule has 0 saturated carbocycles. The molecule has 2 rings (SSSR count). The lowest BCUT2D eigenvalue weighted by Gasteiger charge is -2.09. The highest BCUT2D eigenvalue weighted by atomic mass is 35.5. The van der Waals surface area contributed by atoms with Crippen molar-refractivity contribution in [3.05, 3.63) is 46.0 Å². The first-order valence-corrected chi connectivity index (χ1v) is 6.59. The molecule has 1 aromatic carbocycles. The summed E-state index contributed by atoms with van der Waals surface area (Å²) in [6, 6.07) is 6.33. The van der Waals surface area contributed by atoms with E-state index in [1.165, 1.54) is 6.07 Å². The van der Waals surface area contributed by atoms with Crippen molar-refractivity contribution in [2.75, 3.05) is 5.32 Å². The second kappa shape index (κ2) is 5.93. The molecule has 0 aliphatic carbocycles. The van der Waals surface area contributed by atoms with E-state index in [4.69, 9.17) is 16.9 Å². The monoisotopic (exact) mass is 292 g/mol. The average Bonchev–Trinajstić information content (AvgIpc) is 2.71. The molecule has 4 nitrogen and oxygen atoms in total. The van der Waals surface area contributed by atoms with Crippen LogP contribution in [0.1, 0.15) is 23.9 Å². The molecule has 0 fully saturated rings. The number of hydrogen-bond acceptors (Lipinski definition) is 3. The molecule has 0 atom stereocenters. The summed E-state index contributed by atoms with van der Waals surface area (Å²) in [6.45, 7) is 2.35. The molecule has 1 aromatic heterocycles. The van der Waals surface area contributed by atoms with Crippen LogP contribution >= 0.6 is 11.6 Å². The summed E-state index contributed by atoms with van der Waals surface area (Å²) in [4.78, 5) is 0. The zero-order valence-electron chi connectivity index (χ0n) is 11.2. The Morgan fingerprint density at radius 2 is 2.25 bits per heavy atom. The topological polar surface area (TPSA) is 53.6 Å². The summed E-state index contributed by atoms with van der Waals surface area (Å²) in [7, 11) is 1.80. The molecule has 0 saturated heterocycles. The Morgan fingerprint density at radius 1 is 1.50 bits per heavy atom. The highest BCUT2D eigenvalue weighted by Crippen LogP contribution is 2.23. The Labute approximate surface area is 121 Å². The fourth-order valence-electron chi connectivity index (χ4n) is 1.98. The van der Waals surface area contributed by atoms with E-state index in [1.54, 1.807) is 23.9 Å². The first-order chi connectivity index (χ1) is 9.58. The summed E-state index contributed by atoms with van der Waals surface area (Å²) in [5.74, 6) is -0.539. The molecule has 1 N–H and O–H groups in total. The summed E-state index contributed by atoms with van der Waals surface area (Å²) in [5, 5.41) is 16.9. The summed E-state index contributed by atoms with van der Waals surface area (Å²) < 4.78 is 15.2. The molecule has 2 aromatic rings. The highest BCUT2D eigenvalue weighted by molar-refractivity contribution is 6.31. The minimum atomic E-state index is -0.539. The van der Waals surface area contributed by atoms with Crippen LogP contribution in [0.2, 0.25) is 5.02 Å². The van der Waals surface area contributed by atoms with Gasteiger partial charge in [-0.15, -0.1) is 0 Å². The van der Waals surface area contributed by atoms with Crippen molar-refractivity contribution in [1.29, 1.82) is 5.26 Å². The fraction of sp³-hybridized carbons (Fsp3) is 0.286. The van der Waals surface area contributed by atoms with Crippen LogP contribution in [0.3, 0.4) is 0 Å². The zero-order valence-corrected chi connectivity index (χ0v) is 12.0. The van der Waals surface area contributed by atoms with Crippen LogP contribution in [0.25, 0.3) is 0 Å². The Hall–Kier alpha value is -2.06. The van der Waals surface area contributed by atoms with Crippen molar-refractivity contribution in [2.45, 2.75) is 19.9 Å². The Morgan fingerprint density at radius 3 is 2.85 bits per heavy atom. The maximum absolute atomic E-state index is 13.5. The Balaban J connectivity index is 2.24. The predicted molar refractivity (Wildman–Crippen MR) is 76.0 cm³/mol. The maximum Gasteiger partial charge on any atom is 0.143 e. The number of nitrogens with one attached hydrogen (secondary N) is 1. The number of nitrogens with zero attached hydrogens (tertiary/aromatic N) is 3. The number of nitriles is 1. The van der Waals surface area contributed by atoms with Gasteiger partial charge in [0.1, 0.15) is 17.4 Å². The minimum absolute atomic E-state index is 0.00139. The third-order valence-corrected chi connectivity index (χ3v) is 3.51. The third-order valence-electron chi connectivity index (χ3n) is 3.07. The van der Waals surface area contributed by atoms with Crippen molar-refractivity contribution in [3.8, 4) is 6.07 Å². The number of halogens is 2. The molecular formula is C14H14ClFN4. The van der Waals surface area contributed by atoms with E-state index in [1.807, 2.05) is 13.0 Å². The van der Waals surface area contributed by atoms with E-state index < -0.39 is 5.82 Å². The van der Waals surface area contributed by atoms with E-state index in [-0.39, 0.29) is 5.56 Å². The average molecular weight is 293 g/mol. The van der Waals surface area contributed by atoms with Gasteiger partial charge in [0, 0.05) is 7.05 Å². The zero-order chi connectivity index (χ0) is 14.7. The predicted octanol–water partition coefficient (Wildman–Crippen LogP) is 3.26. The number of benzene rings is 1. The van der Waals surface area contributed by atoms with Crippen molar-refractivity contribution in [2.24, 2.45) is 7.05 Å². The van der Waals surface area contributed by atoms with Gasteiger partial charge in [-0.1, -0.05) is 24.6 Å². The molecule has 104 valence electrons. The van der Waals surface area contributed by atoms with Crippen LogP contribution in [0.15, 0.2) is 18.2 Å².